The van der Waals surface area contributed by atoms with E-state index in [1.807, 2.05) is 6.07 Å². The van der Waals surface area contributed by atoms with Crippen LogP contribution in [0.1, 0.15) is 49.7 Å². The summed E-state index contributed by atoms with van der Waals surface area (Å²) in [5, 5.41) is 13.0. The molecule has 0 aliphatic heterocycles. The zero-order valence-electron chi connectivity index (χ0n) is 17.2. The van der Waals surface area contributed by atoms with Gasteiger partial charge in [0.15, 0.2) is 13.2 Å². The van der Waals surface area contributed by atoms with E-state index < -0.39 is 30.6 Å². The van der Waals surface area contributed by atoms with Crippen LogP contribution in [-0.2, 0) is 27.2 Å². The summed E-state index contributed by atoms with van der Waals surface area (Å²) in [4.78, 5) is 36.2. The van der Waals surface area contributed by atoms with E-state index in [0.717, 1.165) is 55.0 Å². The molecule has 0 unspecified atom stereocenters. The van der Waals surface area contributed by atoms with Crippen molar-refractivity contribution in [3.63, 3.8) is 0 Å². The quantitative estimate of drug-likeness (QED) is 0.559. The molecule has 1 amide bonds. The average molecular weight is 424 g/mol. The summed E-state index contributed by atoms with van der Waals surface area (Å²) in [6.45, 7) is -0.859. The van der Waals surface area contributed by atoms with Crippen LogP contribution in [0.5, 0.6) is 5.75 Å². The molecule has 0 spiro atoms. The molecule has 2 aliphatic rings. The number of carbonyl (C=O) groups excluding carboxylic acids is 2. The Morgan fingerprint density at radius 3 is 2.65 bits per heavy atom. The van der Waals surface area contributed by atoms with Crippen molar-refractivity contribution in [3.8, 4) is 11.8 Å². The summed E-state index contributed by atoms with van der Waals surface area (Å²) >= 11 is 0. The van der Waals surface area contributed by atoms with Gasteiger partial charge in [0.05, 0.1) is 6.07 Å². The lowest BCUT2D eigenvalue weighted by Crippen LogP contribution is -2.50. The number of hydrogen-bond acceptors (Lipinski definition) is 7. The maximum atomic E-state index is 12.1. The number of aryl methyl sites for hydroxylation is 1. The van der Waals surface area contributed by atoms with E-state index in [-0.39, 0.29) is 5.63 Å². The van der Waals surface area contributed by atoms with Crippen LogP contribution in [0.3, 0.4) is 0 Å². The van der Waals surface area contributed by atoms with Gasteiger partial charge in [-0.3, -0.25) is 4.79 Å². The van der Waals surface area contributed by atoms with E-state index in [1.165, 1.54) is 0 Å². The summed E-state index contributed by atoms with van der Waals surface area (Å²) in [6.07, 6.45) is 6.55. The molecule has 0 atom stereocenters. The molecule has 1 fully saturated rings. The van der Waals surface area contributed by atoms with E-state index in [0.29, 0.717) is 24.2 Å². The Bertz CT molecular complexity index is 1110. The summed E-state index contributed by atoms with van der Waals surface area (Å²) in [7, 11) is 0. The molecule has 2 aliphatic carbocycles. The number of carbonyl (C=O) groups is 2. The van der Waals surface area contributed by atoms with E-state index in [1.54, 1.807) is 12.1 Å². The zero-order valence-corrected chi connectivity index (χ0v) is 17.2. The third-order valence-electron chi connectivity index (χ3n) is 5.97. The van der Waals surface area contributed by atoms with Crippen LogP contribution in [0.15, 0.2) is 27.4 Å². The normalized spacial score (nSPS) is 16.9. The van der Waals surface area contributed by atoms with Crippen molar-refractivity contribution in [2.24, 2.45) is 0 Å². The molecule has 1 aromatic heterocycles. The van der Waals surface area contributed by atoms with Gasteiger partial charge < -0.3 is 19.2 Å². The average Bonchev–Trinajstić information content (AvgIpc) is 3.28. The van der Waals surface area contributed by atoms with Gasteiger partial charge in [0, 0.05) is 17.0 Å². The molecule has 162 valence electrons. The minimum Gasteiger partial charge on any atom is -0.482 e. The number of rotatable bonds is 6. The Kier molecular flexibility index (Phi) is 5.94. The van der Waals surface area contributed by atoms with Crippen LogP contribution in [0.25, 0.3) is 11.0 Å². The van der Waals surface area contributed by atoms with E-state index >= 15 is 0 Å². The summed E-state index contributed by atoms with van der Waals surface area (Å²) < 4.78 is 15.8. The van der Waals surface area contributed by atoms with Crippen LogP contribution >= 0.6 is 0 Å². The maximum Gasteiger partial charge on any atom is 0.344 e. The highest BCUT2D eigenvalue weighted by molar-refractivity contribution is 5.84. The lowest BCUT2D eigenvalue weighted by molar-refractivity contribution is -0.150. The molecule has 0 saturated heterocycles. The highest BCUT2D eigenvalue weighted by Gasteiger charge is 2.33. The molecule has 1 heterocycles. The van der Waals surface area contributed by atoms with Crippen molar-refractivity contribution in [2.45, 2.75) is 56.9 Å². The van der Waals surface area contributed by atoms with Gasteiger partial charge in [-0.15, -0.1) is 0 Å². The SMILES string of the molecule is N#CC1(NC(=O)COC(=O)COc2ccc3c4c(c(=O)oc3c2)CCC4)CCCCC1. The third-order valence-corrected chi connectivity index (χ3v) is 5.97. The summed E-state index contributed by atoms with van der Waals surface area (Å²) in [5.41, 5.74) is 1.000. The molecule has 4 rings (SSSR count). The van der Waals surface area contributed by atoms with Crippen LogP contribution in [-0.4, -0.2) is 30.6 Å². The second-order valence-electron chi connectivity index (χ2n) is 8.11. The van der Waals surface area contributed by atoms with Gasteiger partial charge in [-0.25, -0.2) is 9.59 Å². The van der Waals surface area contributed by atoms with Crippen molar-refractivity contribution in [1.82, 2.24) is 5.32 Å². The first-order valence-corrected chi connectivity index (χ1v) is 10.6. The number of benzene rings is 1. The summed E-state index contributed by atoms with van der Waals surface area (Å²) in [5.74, 6) is -0.848. The highest BCUT2D eigenvalue weighted by atomic mass is 16.6. The van der Waals surface area contributed by atoms with Crippen molar-refractivity contribution >= 4 is 22.8 Å². The second kappa shape index (κ2) is 8.80. The molecule has 1 aromatic carbocycles. The molecule has 8 heteroatoms. The van der Waals surface area contributed by atoms with Crippen LogP contribution in [0.2, 0.25) is 0 Å². The Morgan fingerprint density at radius 1 is 1.10 bits per heavy atom. The van der Waals surface area contributed by atoms with Gasteiger partial charge in [-0.05, 0) is 49.8 Å². The number of nitrogens with zero attached hydrogens (tertiary/aromatic N) is 1. The molecule has 8 nitrogen and oxygen atoms in total. The minimum atomic E-state index is -0.868. The van der Waals surface area contributed by atoms with Gasteiger partial charge in [-0.1, -0.05) is 19.3 Å². The molecule has 0 radical (unpaired) electrons. The Morgan fingerprint density at radius 2 is 1.87 bits per heavy atom. The standard InChI is InChI=1S/C23H24N2O6/c24-14-23(9-2-1-3-10-23)25-20(26)12-30-21(27)13-29-15-7-8-17-16-5-4-6-18(16)22(28)31-19(17)11-15/h7-8,11H,1-6,9-10,12-13H2,(H,25,26). The lowest BCUT2D eigenvalue weighted by Gasteiger charge is -2.31. The van der Waals surface area contributed by atoms with Crippen molar-refractivity contribution in [2.75, 3.05) is 13.2 Å². The number of fused-ring (bicyclic) bond motifs is 3. The Labute approximate surface area is 179 Å². The number of esters is 1. The fourth-order valence-corrected chi connectivity index (χ4v) is 4.41. The summed E-state index contributed by atoms with van der Waals surface area (Å²) in [6, 6.07) is 7.30. The van der Waals surface area contributed by atoms with Crippen molar-refractivity contribution in [1.29, 1.82) is 5.26 Å². The van der Waals surface area contributed by atoms with Gasteiger partial charge >= 0.3 is 11.6 Å². The molecule has 0 bridgehead atoms. The zero-order chi connectivity index (χ0) is 21.8. The number of amides is 1. The van der Waals surface area contributed by atoms with E-state index in [2.05, 4.69) is 11.4 Å². The topological polar surface area (TPSA) is 119 Å². The van der Waals surface area contributed by atoms with Crippen LogP contribution < -0.4 is 15.7 Å². The number of hydrogen-bond donors (Lipinski definition) is 1. The first-order valence-electron chi connectivity index (χ1n) is 10.6. The fourth-order valence-electron chi connectivity index (χ4n) is 4.41. The van der Waals surface area contributed by atoms with E-state index in [9.17, 15) is 19.6 Å². The van der Waals surface area contributed by atoms with Crippen molar-refractivity contribution < 1.29 is 23.5 Å². The predicted octanol–water partition coefficient (Wildman–Crippen LogP) is 2.55. The largest absolute Gasteiger partial charge is 0.482 e. The number of ether oxygens (including phenoxy) is 2. The Balaban J connectivity index is 1.30. The van der Waals surface area contributed by atoms with E-state index in [4.69, 9.17) is 13.9 Å². The first-order chi connectivity index (χ1) is 15.0. The predicted molar refractivity (Wildman–Crippen MR) is 111 cm³/mol. The van der Waals surface area contributed by atoms with Gasteiger partial charge in [0.2, 0.25) is 0 Å². The maximum absolute atomic E-state index is 12.1. The fraction of sp³-hybridized carbons (Fsp3) is 0.478. The molecule has 2 aromatic rings. The minimum absolute atomic E-state index is 0.323. The van der Waals surface area contributed by atoms with Crippen molar-refractivity contribution in [3.05, 3.63) is 39.7 Å². The molecule has 1 N–H and O–H groups in total. The third kappa shape index (κ3) is 4.55. The number of nitriles is 1. The molecule has 31 heavy (non-hydrogen) atoms. The monoisotopic (exact) mass is 424 g/mol. The molecule has 1 saturated carbocycles. The second-order valence-corrected chi connectivity index (χ2v) is 8.11. The molecular weight excluding hydrogens is 400 g/mol. The van der Waals surface area contributed by atoms with Gasteiger partial charge in [0.1, 0.15) is 16.9 Å². The Hall–Kier alpha value is -3.34. The van der Waals surface area contributed by atoms with Gasteiger partial charge in [0.25, 0.3) is 5.91 Å². The van der Waals surface area contributed by atoms with Gasteiger partial charge in [-0.2, -0.15) is 5.26 Å². The first kappa shape index (κ1) is 20.9. The highest BCUT2D eigenvalue weighted by Crippen LogP contribution is 2.30. The number of nitrogens with one attached hydrogen (secondary N) is 1. The van der Waals surface area contributed by atoms with Crippen LogP contribution in [0.4, 0.5) is 0 Å². The smallest absolute Gasteiger partial charge is 0.344 e. The van der Waals surface area contributed by atoms with Crippen LogP contribution in [0, 0.1) is 11.3 Å². The molecular formula is C23H24N2O6. The lowest BCUT2D eigenvalue weighted by atomic mass is 9.83.